The number of nitrogens with zero attached hydrogens (tertiary/aromatic N) is 5. The van der Waals surface area contributed by atoms with Crippen molar-refractivity contribution in [3.63, 3.8) is 0 Å². The lowest BCUT2D eigenvalue weighted by atomic mass is 10.1. The summed E-state index contributed by atoms with van der Waals surface area (Å²) in [6.45, 7) is 5.01. The molecule has 0 bridgehead atoms. The van der Waals surface area contributed by atoms with Crippen LogP contribution < -0.4 is 19.6 Å². The molecule has 15 nitrogen and oxygen atoms in total. The minimum Gasteiger partial charge on any atom is -0.444 e. The third kappa shape index (κ3) is 7.57. The predicted octanol–water partition coefficient (Wildman–Crippen LogP) is 4.09. The lowest BCUT2D eigenvalue weighted by molar-refractivity contribution is -0.126. The maximum Gasteiger partial charge on any atom is 0.414 e. The highest BCUT2D eigenvalue weighted by Crippen LogP contribution is 2.29. The molecule has 4 saturated heterocycles. The lowest BCUT2D eigenvalue weighted by Gasteiger charge is -2.27. The first-order chi connectivity index (χ1) is 25.2. The summed E-state index contributed by atoms with van der Waals surface area (Å²) in [4.78, 5) is 80.6. The normalized spacial score (nSPS) is 21.3. The van der Waals surface area contributed by atoms with Crippen LogP contribution in [0.1, 0.15) is 41.5 Å². The van der Waals surface area contributed by atoms with Crippen molar-refractivity contribution in [3.05, 3.63) is 83.9 Å². The quantitative estimate of drug-likeness (QED) is 0.325. The van der Waals surface area contributed by atoms with Gasteiger partial charge in [0, 0.05) is 35.8 Å². The molecule has 3 aromatic rings. The summed E-state index contributed by atoms with van der Waals surface area (Å²) in [5.74, 6) is -0.912. The summed E-state index contributed by atoms with van der Waals surface area (Å²) in [5.41, 5.74) is 3.68. The van der Waals surface area contributed by atoms with Gasteiger partial charge in [0.25, 0.3) is 23.6 Å². The van der Waals surface area contributed by atoms with Crippen LogP contribution in [0.25, 0.3) is 0 Å². The molecule has 53 heavy (non-hydrogen) atoms. The van der Waals surface area contributed by atoms with Crippen LogP contribution in [0.3, 0.4) is 0 Å². The van der Waals surface area contributed by atoms with Crippen molar-refractivity contribution in [1.82, 2.24) is 4.90 Å². The monoisotopic (exact) mass is 727 g/mol. The molecule has 15 heteroatoms. The fourth-order valence-electron chi connectivity index (χ4n) is 6.59. The molecule has 0 unspecified atom stereocenters. The molecule has 3 aromatic carbocycles. The Labute approximate surface area is 306 Å². The number of hydrogen-bond donors (Lipinski definition) is 0. The van der Waals surface area contributed by atoms with Crippen LogP contribution in [0.5, 0.6) is 0 Å². The number of carbonyl (C=O) groups is 6. The molecule has 0 spiro atoms. The second kappa shape index (κ2) is 15.8. The zero-order valence-electron chi connectivity index (χ0n) is 28.5. The number of fused-ring (bicyclic) bond motifs is 1. The number of morpholine rings is 2. The highest BCUT2D eigenvalue weighted by molar-refractivity contribution is 6.21. The zero-order chi connectivity index (χ0) is 36.4. The summed E-state index contributed by atoms with van der Waals surface area (Å²) in [7, 11) is 0. The first-order valence-electron chi connectivity index (χ1n) is 17.1. The molecule has 0 saturated carbocycles. The Morgan fingerprint density at radius 3 is 1.36 bits per heavy atom. The Hall–Kier alpha value is -5.80. The van der Waals surface area contributed by atoms with E-state index in [2.05, 4.69) is 0 Å². The SMILES string of the molecule is C.CC[C@H]1CN(c2ccc(N3CCOCC3=O)cc2)C(=O)O1.O=C1c2ccccc2C(=O)N1C[C@H]1CN(c2ccc(N3CCOCC3=O)cc2)C(=O)O1. The van der Waals surface area contributed by atoms with Crippen LogP contribution in [0.15, 0.2) is 72.8 Å². The predicted molar refractivity (Wildman–Crippen MR) is 193 cm³/mol. The van der Waals surface area contributed by atoms with E-state index < -0.39 is 12.2 Å². The van der Waals surface area contributed by atoms with E-state index >= 15 is 0 Å². The Balaban J connectivity index is 0.000000191. The van der Waals surface area contributed by atoms with Crippen molar-refractivity contribution < 1.29 is 47.7 Å². The van der Waals surface area contributed by atoms with Crippen LogP contribution in [-0.4, -0.2) is 112 Å². The van der Waals surface area contributed by atoms with Gasteiger partial charge >= 0.3 is 12.2 Å². The van der Waals surface area contributed by atoms with Gasteiger partial charge in [-0.3, -0.25) is 33.9 Å². The summed E-state index contributed by atoms with van der Waals surface area (Å²) in [6.07, 6.45) is -0.718. The molecule has 5 aliphatic heterocycles. The molecule has 5 heterocycles. The Kier molecular flexibility index (Phi) is 11.0. The van der Waals surface area contributed by atoms with E-state index in [0.717, 1.165) is 28.4 Å². The number of benzene rings is 3. The lowest BCUT2D eigenvalue weighted by Crippen LogP contribution is -2.41. The van der Waals surface area contributed by atoms with Gasteiger partial charge < -0.3 is 28.7 Å². The third-order valence-electron chi connectivity index (χ3n) is 9.39. The fourth-order valence-corrected chi connectivity index (χ4v) is 6.59. The van der Waals surface area contributed by atoms with Gasteiger partial charge in [-0.05, 0) is 67.1 Å². The number of cyclic esters (lactones) is 2. The van der Waals surface area contributed by atoms with E-state index in [9.17, 15) is 28.8 Å². The molecule has 8 rings (SSSR count). The molecule has 0 radical (unpaired) electrons. The summed E-state index contributed by atoms with van der Waals surface area (Å²) < 4.78 is 20.9. The molecule has 278 valence electrons. The van der Waals surface area contributed by atoms with Crippen LogP contribution in [-0.2, 0) is 28.5 Å². The molecule has 0 aromatic heterocycles. The Morgan fingerprint density at radius 2 is 0.962 bits per heavy atom. The van der Waals surface area contributed by atoms with E-state index in [-0.39, 0.29) is 69.6 Å². The van der Waals surface area contributed by atoms with Crippen molar-refractivity contribution in [3.8, 4) is 0 Å². The van der Waals surface area contributed by atoms with Gasteiger partial charge in [0.05, 0.1) is 44.0 Å². The minimum absolute atomic E-state index is 0. The highest BCUT2D eigenvalue weighted by atomic mass is 16.6. The average Bonchev–Trinajstić information content (AvgIpc) is 3.81. The number of anilines is 4. The van der Waals surface area contributed by atoms with Crippen LogP contribution in [0.4, 0.5) is 32.3 Å². The topological polar surface area (TPSA) is 156 Å². The average molecular weight is 728 g/mol. The zero-order valence-corrected chi connectivity index (χ0v) is 28.5. The van der Waals surface area contributed by atoms with Crippen molar-refractivity contribution in [2.45, 2.75) is 33.0 Å². The largest absolute Gasteiger partial charge is 0.444 e. The van der Waals surface area contributed by atoms with Gasteiger partial charge in [-0.1, -0.05) is 26.5 Å². The number of imide groups is 1. The van der Waals surface area contributed by atoms with Crippen molar-refractivity contribution in [1.29, 1.82) is 0 Å². The minimum atomic E-state index is -0.629. The second-order valence-corrected chi connectivity index (χ2v) is 12.6. The maximum absolute atomic E-state index is 12.6. The molecule has 6 amide bonds. The molecule has 0 N–H and O–H groups in total. The second-order valence-electron chi connectivity index (χ2n) is 12.6. The number of amides is 6. The van der Waals surface area contributed by atoms with Gasteiger partial charge in [0.1, 0.15) is 25.4 Å². The Bertz CT molecular complexity index is 1850. The van der Waals surface area contributed by atoms with Crippen molar-refractivity contribution in [2.75, 3.05) is 78.8 Å². The van der Waals surface area contributed by atoms with E-state index in [0.29, 0.717) is 49.7 Å². The van der Waals surface area contributed by atoms with E-state index in [1.54, 1.807) is 63.2 Å². The van der Waals surface area contributed by atoms with Crippen LogP contribution >= 0.6 is 0 Å². The number of ether oxygens (including phenoxy) is 4. The molecular formula is C38H41N5O10. The van der Waals surface area contributed by atoms with Gasteiger partial charge in [0.15, 0.2) is 0 Å². The van der Waals surface area contributed by atoms with E-state index in [1.807, 2.05) is 31.2 Å². The fraction of sp³-hybridized carbons (Fsp3) is 0.368. The summed E-state index contributed by atoms with van der Waals surface area (Å²) >= 11 is 0. The summed E-state index contributed by atoms with van der Waals surface area (Å²) in [6, 6.07) is 21.1. The summed E-state index contributed by atoms with van der Waals surface area (Å²) in [5, 5.41) is 0. The first-order valence-corrected chi connectivity index (χ1v) is 17.1. The highest BCUT2D eigenvalue weighted by Gasteiger charge is 2.41. The third-order valence-corrected chi connectivity index (χ3v) is 9.39. The Morgan fingerprint density at radius 1 is 0.566 bits per heavy atom. The van der Waals surface area contributed by atoms with Crippen molar-refractivity contribution >= 4 is 58.6 Å². The molecule has 5 aliphatic rings. The van der Waals surface area contributed by atoms with Crippen LogP contribution in [0, 0.1) is 0 Å². The molecule has 2 atom stereocenters. The van der Waals surface area contributed by atoms with Gasteiger partial charge in [-0.15, -0.1) is 0 Å². The number of carbonyl (C=O) groups excluding carboxylic acids is 6. The molecular weight excluding hydrogens is 686 g/mol. The molecule has 4 fully saturated rings. The number of rotatable bonds is 7. The van der Waals surface area contributed by atoms with Crippen molar-refractivity contribution in [2.24, 2.45) is 0 Å². The van der Waals surface area contributed by atoms with Gasteiger partial charge in [-0.25, -0.2) is 9.59 Å². The van der Waals surface area contributed by atoms with Gasteiger partial charge in [-0.2, -0.15) is 0 Å². The smallest absolute Gasteiger partial charge is 0.414 e. The first kappa shape index (κ1) is 37.0. The number of hydrogen-bond acceptors (Lipinski definition) is 10. The van der Waals surface area contributed by atoms with E-state index in [4.69, 9.17) is 18.9 Å². The standard InChI is InChI=1S/C22H19N3O6.C15H18N2O4.CH4/c26-19-13-30-10-9-23(19)14-5-7-15(8-6-14)24-11-16(31-22(24)29)12-25-20(27)17-3-1-2-4-18(17)21(25)28;1-2-13-9-17(15(19)21-13)12-5-3-11(4-6-12)16-7-8-20-10-14(16)18;/h1-8,16H,9-13H2;3-6,13H,2,7-10H2,1H3;1H4/t16-;13-;/m10./s1. The van der Waals surface area contributed by atoms with Gasteiger partial charge in [0.2, 0.25) is 0 Å². The van der Waals surface area contributed by atoms with E-state index in [1.165, 1.54) is 4.90 Å². The van der Waals surface area contributed by atoms with Crippen LogP contribution in [0.2, 0.25) is 0 Å². The molecule has 0 aliphatic carbocycles. The maximum atomic E-state index is 12.6.